The number of aromatic nitrogens is 3. The van der Waals surface area contributed by atoms with Gasteiger partial charge in [-0.2, -0.15) is 0 Å². The molecule has 0 saturated carbocycles. The Labute approximate surface area is 129 Å². The maximum absolute atomic E-state index is 13.1. The summed E-state index contributed by atoms with van der Waals surface area (Å²) in [4.78, 5) is 17.2. The van der Waals surface area contributed by atoms with E-state index in [-0.39, 0.29) is 17.5 Å². The quantitative estimate of drug-likeness (QED) is 0.802. The van der Waals surface area contributed by atoms with E-state index >= 15 is 0 Å². The lowest BCUT2D eigenvalue weighted by Crippen LogP contribution is -2.12. The van der Waals surface area contributed by atoms with E-state index in [0.29, 0.717) is 5.69 Å². The van der Waals surface area contributed by atoms with Crippen molar-refractivity contribution < 1.29 is 13.6 Å². The minimum Gasteiger partial charge on any atom is -0.401 e. The van der Waals surface area contributed by atoms with Crippen molar-refractivity contribution in [1.29, 1.82) is 0 Å². The summed E-state index contributed by atoms with van der Waals surface area (Å²) in [5, 5.41) is 10.9. The zero-order valence-corrected chi connectivity index (χ0v) is 12.6. The lowest BCUT2D eigenvalue weighted by molar-refractivity contribution is 0.102. The number of benzene rings is 1. The van der Waals surface area contributed by atoms with Gasteiger partial charge in [0.05, 0.1) is 5.01 Å². The predicted octanol–water partition coefficient (Wildman–Crippen LogP) is 3.20. The van der Waals surface area contributed by atoms with Crippen LogP contribution in [-0.4, -0.2) is 21.1 Å². The summed E-state index contributed by atoms with van der Waals surface area (Å²) in [5.74, 6) is -0.787. The normalized spacial score (nSPS) is 10.7. The lowest BCUT2D eigenvalue weighted by Gasteiger charge is -2.00. The fourth-order valence-electron chi connectivity index (χ4n) is 1.90. The van der Waals surface area contributed by atoms with Gasteiger partial charge in [0.25, 0.3) is 11.8 Å². The molecule has 0 atom stereocenters. The summed E-state index contributed by atoms with van der Waals surface area (Å²) in [6.45, 7) is 3.78. The molecule has 0 saturated heterocycles. The van der Waals surface area contributed by atoms with E-state index in [2.05, 4.69) is 20.5 Å². The van der Waals surface area contributed by atoms with Gasteiger partial charge >= 0.3 is 6.01 Å². The second-order valence-electron chi connectivity index (χ2n) is 4.51. The Morgan fingerprint density at radius 3 is 2.82 bits per heavy atom. The van der Waals surface area contributed by atoms with E-state index in [9.17, 15) is 9.18 Å². The molecule has 3 rings (SSSR count). The van der Waals surface area contributed by atoms with Gasteiger partial charge in [-0.1, -0.05) is 11.2 Å². The van der Waals surface area contributed by atoms with Crippen LogP contribution in [0.5, 0.6) is 0 Å². The van der Waals surface area contributed by atoms with Crippen molar-refractivity contribution in [2.45, 2.75) is 13.8 Å². The third-order valence-corrected chi connectivity index (χ3v) is 3.72. The number of carbonyl (C=O) groups excluding carboxylic acids is 1. The van der Waals surface area contributed by atoms with Crippen LogP contribution in [0.2, 0.25) is 0 Å². The minimum absolute atomic E-state index is 0.0608. The molecule has 1 amide bonds. The number of amides is 1. The number of aryl methyl sites for hydroxylation is 2. The van der Waals surface area contributed by atoms with E-state index in [1.54, 1.807) is 0 Å². The molecule has 0 aliphatic carbocycles. The van der Waals surface area contributed by atoms with Crippen molar-refractivity contribution in [3.05, 3.63) is 45.5 Å². The maximum Gasteiger partial charge on any atom is 0.322 e. The molecule has 0 fully saturated rings. The number of hydrogen-bond acceptors (Lipinski definition) is 6. The van der Waals surface area contributed by atoms with Gasteiger partial charge in [-0.25, -0.2) is 9.37 Å². The molecule has 0 bridgehead atoms. The Kier molecular flexibility index (Phi) is 3.68. The average molecular weight is 318 g/mol. The van der Waals surface area contributed by atoms with Gasteiger partial charge in [0, 0.05) is 10.4 Å². The molecule has 2 heterocycles. The fraction of sp³-hybridized carbons (Fsp3) is 0.143. The van der Waals surface area contributed by atoms with Gasteiger partial charge in [-0.3, -0.25) is 10.1 Å². The Balaban J connectivity index is 1.80. The van der Waals surface area contributed by atoms with Crippen molar-refractivity contribution in [1.82, 2.24) is 15.2 Å². The van der Waals surface area contributed by atoms with E-state index in [1.165, 1.54) is 29.5 Å². The number of carbonyl (C=O) groups is 1. The molecule has 0 radical (unpaired) electrons. The molecule has 112 valence electrons. The zero-order chi connectivity index (χ0) is 15.7. The molecular weight excluding hydrogens is 307 g/mol. The first kappa shape index (κ1) is 14.3. The summed E-state index contributed by atoms with van der Waals surface area (Å²) in [6.07, 6.45) is 0. The van der Waals surface area contributed by atoms with Crippen LogP contribution in [0.25, 0.3) is 11.6 Å². The summed E-state index contributed by atoms with van der Waals surface area (Å²) in [5.41, 5.74) is 0.765. The van der Waals surface area contributed by atoms with Crippen LogP contribution in [0.15, 0.2) is 28.7 Å². The molecule has 0 aliphatic heterocycles. The van der Waals surface area contributed by atoms with Crippen LogP contribution in [0.1, 0.15) is 20.2 Å². The standard InChI is InChI=1S/C14H11FN4O2S/c1-7-11(16-8(2)22-7)13-18-19-14(21-13)17-12(20)9-4-3-5-10(15)6-9/h3-6H,1-2H3,(H,17,19,20). The Bertz CT molecular complexity index is 843. The lowest BCUT2D eigenvalue weighted by atomic mass is 10.2. The van der Waals surface area contributed by atoms with E-state index in [0.717, 1.165) is 16.0 Å². The summed E-state index contributed by atoms with van der Waals surface area (Å²) >= 11 is 1.52. The molecule has 0 spiro atoms. The number of anilines is 1. The van der Waals surface area contributed by atoms with Crippen molar-refractivity contribution in [3.8, 4) is 11.6 Å². The summed E-state index contributed by atoms with van der Waals surface area (Å²) < 4.78 is 18.5. The van der Waals surface area contributed by atoms with Crippen molar-refractivity contribution in [2.24, 2.45) is 0 Å². The van der Waals surface area contributed by atoms with E-state index in [4.69, 9.17) is 4.42 Å². The van der Waals surface area contributed by atoms with Crippen LogP contribution < -0.4 is 5.32 Å². The largest absolute Gasteiger partial charge is 0.401 e. The molecule has 22 heavy (non-hydrogen) atoms. The Morgan fingerprint density at radius 2 is 2.14 bits per heavy atom. The second-order valence-corrected chi connectivity index (χ2v) is 5.92. The Hall–Kier alpha value is -2.61. The second kappa shape index (κ2) is 5.64. The molecule has 1 aromatic carbocycles. The van der Waals surface area contributed by atoms with Gasteiger partial charge in [0.2, 0.25) is 0 Å². The van der Waals surface area contributed by atoms with Crippen molar-refractivity contribution >= 4 is 23.3 Å². The first-order valence-corrected chi connectivity index (χ1v) is 7.19. The number of nitrogens with zero attached hydrogens (tertiary/aromatic N) is 3. The number of halogens is 1. The molecule has 0 aliphatic rings. The average Bonchev–Trinajstić information content (AvgIpc) is 3.05. The van der Waals surface area contributed by atoms with Crippen LogP contribution in [0.3, 0.4) is 0 Å². The van der Waals surface area contributed by atoms with Gasteiger partial charge in [-0.05, 0) is 32.0 Å². The molecule has 0 unspecified atom stereocenters. The van der Waals surface area contributed by atoms with Gasteiger partial charge in [-0.15, -0.1) is 16.4 Å². The third kappa shape index (κ3) is 2.86. The van der Waals surface area contributed by atoms with Gasteiger partial charge in [0.1, 0.15) is 11.5 Å². The van der Waals surface area contributed by atoms with Gasteiger partial charge < -0.3 is 4.42 Å². The molecule has 1 N–H and O–H groups in total. The fourth-order valence-corrected chi connectivity index (χ4v) is 2.71. The third-order valence-electron chi connectivity index (χ3n) is 2.84. The molecule has 6 nitrogen and oxygen atoms in total. The van der Waals surface area contributed by atoms with Crippen LogP contribution in [-0.2, 0) is 0 Å². The molecule has 3 aromatic rings. The van der Waals surface area contributed by atoms with E-state index < -0.39 is 11.7 Å². The topological polar surface area (TPSA) is 80.9 Å². The van der Waals surface area contributed by atoms with E-state index in [1.807, 2.05) is 13.8 Å². The summed E-state index contributed by atoms with van der Waals surface area (Å²) in [6, 6.07) is 5.26. The highest BCUT2D eigenvalue weighted by molar-refractivity contribution is 7.11. The highest BCUT2D eigenvalue weighted by Crippen LogP contribution is 2.27. The zero-order valence-electron chi connectivity index (χ0n) is 11.8. The maximum atomic E-state index is 13.1. The highest BCUT2D eigenvalue weighted by Gasteiger charge is 2.17. The monoisotopic (exact) mass is 318 g/mol. The summed E-state index contributed by atoms with van der Waals surface area (Å²) in [7, 11) is 0. The van der Waals surface area contributed by atoms with Crippen molar-refractivity contribution in [2.75, 3.05) is 5.32 Å². The molecule has 8 heteroatoms. The number of nitrogens with one attached hydrogen (secondary N) is 1. The molecular formula is C14H11FN4O2S. The number of hydrogen-bond donors (Lipinski definition) is 1. The molecule has 2 aromatic heterocycles. The minimum atomic E-state index is -0.527. The van der Waals surface area contributed by atoms with Crippen LogP contribution >= 0.6 is 11.3 Å². The predicted molar refractivity (Wildman–Crippen MR) is 79.2 cm³/mol. The number of thiazole rings is 1. The highest BCUT2D eigenvalue weighted by atomic mass is 32.1. The van der Waals surface area contributed by atoms with Crippen LogP contribution in [0, 0.1) is 19.7 Å². The first-order chi connectivity index (χ1) is 10.5. The van der Waals surface area contributed by atoms with Crippen LogP contribution in [0.4, 0.5) is 10.4 Å². The Morgan fingerprint density at radius 1 is 1.32 bits per heavy atom. The first-order valence-electron chi connectivity index (χ1n) is 6.38. The van der Waals surface area contributed by atoms with Gasteiger partial charge in [0.15, 0.2) is 0 Å². The smallest absolute Gasteiger partial charge is 0.322 e. The number of rotatable bonds is 3. The van der Waals surface area contributed by atoms with Crippen molar-refractivity contribution in [3.63, 3.8) is 0 Å². The SMILES string of the molecule is Cc1nc(-c2nnc(NC(=O)c3cccc(F)c3)o2)c(C)s1.